The highest BCUT2D eigenvalue weighted by molar-refractivity contribution is 5.68. The van der Waals surface area contributed by atoms with Crippen LogP contribution in [-0.2, 0) is 4.74 Å². The summed E-state index contributed by atoms with van der Waals surface area (Å²) in [6.07, 6.45) is 7.79. The van der Waals surface area contributed by atoms with Crippen LogP contribution in [0.2, 0.25) is 0 Å². The van der Waals surface area contributed by atoms with E-state index in [1.807, 2.05) is 20.8 Å². The zero-order valence-corrected chi connectivity index (χ0v) is 11.7. The van der Waals surface area contributed by atoms with Gasteiger partial charge in [-0.3, -0.25) is 0 Å². The Morgan fingerprint density at radius 2 is 2.28 bits per heavy atom. The molecule has 0 saturated carbocycles. The summed E-state index contributed by atoms with van der Waals surface area (Å²) in [5, 5.41) is 2.93. The highest BCUT2D eigenvalue weighted by atomic mass is 16.6. The van der Waals surface area contributed by atoms with E-state index in [-0.39, 0.29) is 12.1 Å². The van der Waals surface area contributed by atoms with E-state index < -0.39 is 5.60 Å². The van der Waals surface area contributed by atoms with Gasteiger partial charge < -0.3 is 15.0 Å². The van der Waals surface area contributed by atoms with Crippen LogP contribution in [0, 0.1) is 12.3 Å². The van der Waals surface area contributed by atoms with E-state index in [0.29, 0.717) is 0 Å². The van der Waals surface area contributed by atoms with Gasteiger partial charge in [-0.15, -0.1) is 12.3 Å². The number of carbonyl (C=O) groups is 1. The lowest BCUT2D eigenvalue weighted by atomic mass is 10.1. The molecule has 1 amide bonds. The molecular formula is C14H24N2O2. The lowest BCUT2D eigenvalue weighted by Gasteiger charge is -2.33. The summed E-state index contributed by atoms with van der Waals surface area (Å²) in [6.45, 7) is 8.43. The van der Waals surface area contributed by atoms with Crippen LogP contribution in [0.15, 0.2) is 0 Å². The van der Waals surface area contributed by atoms with Crippen molar-refractivity contribution in [3.63, 3.8) is 0 Å². The second-order valence-electron chi connectivity index (χ2n) is 5.74. The van der Waals surface area contributed by atoms with Crippen LogP contribution >= 0.6 is 0 Å². The molecule has 0 bridgehead atoms. The third-order valence-electron chi connectivity index (χ3n) is 2.80. The SMILES string of the molecule is C#CCCN1CCCC(NC(=O)OC(C)(C)C)C1. The molecule has 1 atom stereocenters. The summed E-state index contributed by atoms with van der Waals surface area (Å²) >= 11 is 0. The summed E-state index contributed by atoms with van der Waals surface area (Å²) in [6, 6.07) is 0.173. The first-order valence-electron chi connectivity index (χ1n) is 6.56. The number of nitrogens with one attached hydrogen (secondary N) is 1. The Hall–Kier alpha value is -1.21. The molecule has 18 heavy (non-hydrogen) atoms. The molecule has 0 aromatic heterocycles. The number of piperidine rings is 1. The molecule has 1 aliphatic heterocycles. The molecule has 0 aromatic carbocycles. The maximum atomic E-state index is 11.7. The van der Waals surface area contributed by atoms with E-state index in [9.17, 15) is 4.79 Å². The Labute approximate surface area is 110 Å². The summed E-state index contributed by atoms with van der Waals surface area (Å²) in [5.74, 6) is 2.65. The predicted octanol–water partition coefficient (Wildman–Crippen LogP) is 2.00. The van der Waals surface area contributed by atoms with Gasteiger partial charge in [0.25, 0.3) is 0 Å². The van der Waals surface area contributed by atoms with Crippen molar-refractivity contribution in [3.8, 4) is 12.3 Å². The summed E-state index contributed by atoms with van der Waals surface area (Å²) in [7, 11) is 0. The van der Waals surface area contributed by atoms with Gasteiger partial charge in [0, 0.05) is 25.6 Å². The first-order valence-corrected chi connectivity index (χ1v) is 6.56. The van der Waals surface area contributed by atoms with Gasteiger partial charge in [0.05, 0.1) is 0 Å². The average Bonchev–Trinajstić information content (AvgIpc) is 2.24. The molecule has 1 saturated heterocycles. The second-order valence-corrected chi connectivity index (χ2v) is 5.74. The number of ether oxygens (including phenoxy) is 1. The van der Waals surface area contributed by atoms with E-state index in [0.717, 1.165) is 38.9 Å². The fraction of sp³-hybridized carbons (Fsp3) is 0.786. The van der Waals surface area contributed by atoms with Gasteiger partial charge in [-0.05, 0) is 40.2 Å². The number of hydrogen-bond acceptors (Lipinski definition) is 3. The maximum Gasteiger partial charge on any atom is 0.407 e. The lowest BCUT2D eigenvalue weighted by molar-refractivity contribution is 0.0473. The van der Waals surface area contributed by atoms with Gasteiger partial charge in [-0.25, -0.2) is 4.79 Å². The van der Waals surface area contributed by atoms with Crippen molar-refractivity contribution in [2.75, 3.05) is 19.6 Å². The van der Waals surface area contributed by atoms with Crippen LogP contribution in [0.3, 0.4) is 0 Å². The van der Waals surface area contributed by atoms with Crippen molar-refractivity contribution >= 4 is 6.09 Å². The van der Waals surface area contributed by atoms with Crippen LogP contribution in [0.4, 0.5) is 4.79 Å². The van der Waals surface area contributed by atoms with Crippen LogP contribution in [-0.4, -0.2) is 42.3 Å². The smallest absolute Gasteiger partial charge is 0.407 e. The highest BCUT2D eigenvalue weighted by Gasteiger charge is 2.23. The summed E-state index contributed by atoms with van der Waals surface area (Å²) < 4.78 is 5.26. The molecule has 0 radical (unpaired) electrons. The highest BCUT2D eigenvalue weighted by Crippen LogP contribution is 2.12. The first-order chi connectivity index (χ1) is 8.40. The quantitative estimate of drug-likeness (QED) is 0.781. The fourth-order valence-corrected chi connectivity index (χ4v) is 2.07. The standard InChI is InChI=1S/C14H24N2O2/c1-5-6-9-16-10-7-8-12(11-16)15-13(17)18-14(2,3)4/h1,12H,6-11H2,2-4H3,(H,15,17). The van der Waals surface area contributed by atoms with E-state index in [2.05, 4.69) is 16.1 Å². The number of amides is 1. The van der Waals surface area contributed by atoms with Crippen molar-refractivity contribution < 1.29 is 9.53 Å². The minimum absolute atomic E-state index is 0.173. The van der Waals surface area contributed by atoms with Gasteiger partial charge in [0.15, 0.2) is 0 Å². The number of terminal acetylenes is 1. The molecule has 0 spiro atoms. The minimum atomic E-state index is -0.443. The molecule has 1 heterocycles. The average molecular weight is 252 g/mol. The number of alkyl carbamates (subject to hydrolysis) is 1. The Kier molecular flexibility index (Phi) is 5.49. The van der Waals surface area contributed by atoms with Gasteiger partial charge in [0.2, 0.25) is 0 Å². The zero-order chi connectivity index (χ0) is 13.6. The van der Waals surface area contributed by atoms with Crippen LogP contribution < -0.4 is 5.32 Å². The third-order valence-corrected chi connectivity index (χ3v) is 2.80. The number of likely N-dealkylation sites (tertiary alicyclic amines) is 1. The molecule has 4 nitrogen and oxygen atoms in total. The van der Waals surface area contributed by atoms with Crippen molar-refractivity contribution in [3.05, 3.63) is 0 Å². The largest absolute Gasteiger partial charge is 0.444 e. The molecular weight excluding hydrogens is 228 g/mol. The molecule has 1 fully saturated rings. The predicted molar refractivity (Wildman–Crippen MR) is 72.3 cm³/mol. The number of nitrogens with zero attached hydrogens (tertiary/aromatic N) is 1. The Morgan fingerprint density at radius 1 is 1.56 bits per heavy atom. The zero-order valence-electron chi connectivity index (χ0n) is 11.7. The van der Waals surface area contributed by atoms with E-state index in [1.165, 1.54) is 0 Å². The van der Waals surface area contributed by atoms with Crippen molar-refractivity contribution in [2.45, 2.75) is 51.7 Å². The fourth-order valence-electron chi connectivity index (χ4n) is 2.07. The lowest BCUT2D eigenvalue weighted by Crippen LogP contribution is -2.49. The summed E-state index contributed by atoms with van der Waals surface area (Å²) in [4.78, 5) is 14.0. The van der Waals surface area contributed by atoms with Gasteiger partial charge in [0.1, 0.15) is 5.60 Å². The van der Waals surface area contributed by atoms with Crippen LogP contribution in [0.1, 0.15) is 40.0 Å². The third kappa shape index (κ3) is 5.92. The molecule has 102 valence electrons. The van der Waals surface area contributed by atoms with Crippen LogP contribution in [0.25, 0.3) is 0 Å². The van der Waals surface area contributed by atoms with Gasteiger partial charge >= 0.3 is 6.09 Å². The Balaban J connectivity index is 2.34. The number of carbonyl (C=O) groups excluding carboxylic acids is 1. The van der Waals surface area contributed by atoms with Crippen molar-refractivity contribution in [1.82, 2.24) is 10.2 Å². The topological polar surface area (TPSA) is 41.6 Å². The van der Waals surface area contributed by atoms with E-state index >= 15 is 0 Å². The van der Waals surface area contributed by atoms with Crippen molar-refractivity contribution in [2.24, 2.45) is 0 Å². The van der Waals surface area contributed by atoms with Gasteiger partial charge in [-0.2, -0.15) is 0 Å². The molecule has 4 heteroatoms. The minimum Gasteiger partial charge on any atom is -0.444 e. The monoisotopic (exact) mass is 252 g/mol. The summed E-state index contributed by atoms with van der Waals surface area (Å²) in [5.41, 5.74) is -0.443. The van der Waals surface area contributed by atoms with Gasteiger partial charge in [-0.1, -0.05) is 0 Å². The first kappa shape index (κ1) is 14.8. The Morgan fingerprint density at radius 3 is 2.89 bits per heavy atom. The molecule has 0 aliphatic carbocycles. The maximum absolute atomic E-state index is 11.7. The molecule has 1 unspecified atom stereocenters. The van der Waals surface area contributed by atoms with E-state index in [1.54, 1.807) is 0 Å². The van der Waals surface area contributed by atoms with Crippen LogP contribution in [0.5, 0.6) is 0 Å². The number of hydrogen-bond donors (Lipinski definition) is 1. The second kappa shape index (κ2) is 6.65. The molecule has 0 aromatic rings. The molecule has 1 N–H and O–H groups in total. The number of rotatable bonds is 3. The molecule has 1 rings (SSSR count). The van der Waals surface area contributed by atoms with Crippen molar-refractivity contribution in [1.29, 1.82) is 0 Å². The normalized spacial score (nSPS) is 21.1. The Bertz CT molecular complexity index is 315. The molecule has 1 aliphatic rings. The van der Waals surface area contributed by atoms with E-state index in [4.69, 9.17) is 11.2 Å².